The minimum Gasteiger partial charge on any atom is -0.469 e. The largest absolute Gasteiger partial charge is 0.469 e. The fourth-order valence-corrected chi connectivity index (χ4v) is 1.76. The first kappa shape index (κ1) is 14.1. The van der Waals surface area contributed by atoms with Crippen molar-refractivity contribution in [1.29, 1.82) is 0 Å². The third-order valence-electron chi connectivity index (χ3n) is 2.32. The second-order valence-electron chi connectivity index (χ2n) is 3.64. The predicted octanol–water partition coefficient (Wildman–Crippen LogP) is 4.27. The third kappa shape index (κ3) is 4.41. The van der Waals surface area contributed by atoms with Crippen molar-refractivity contribution in [1.82, 2.24) is 0 Å². The van der Waals surface area contributed by atoms with Crippen LogP contribution < -0.4 is 0 Å². The van der Waals surface area contributed by atoms with E-state index in [-0.39, 0.29) is 5.97 Å². The summed E-state index contributed by atoms with van der Waals surface area (Å²) in [6.07, 6.45) is 4.72. The number of benzene rings is 1. The number of hydrogen-bond acceptors (Lipinski definition) is 2. The molecular weight excluding hydrogens is 259 g/mol. The van der Waals surface area contributed by atoms with Crippen LogP contribution in [-0.4, -0.2) is 13.1 Å². The van der Waals surface area contributed by atoms with Gasteiger partial charge in [-0.1, -0.05) is 35.4 Å². The average Bonchev–Trinajstić information content (AvgIpc) is 2.30. The molecule has 0 heterocycles. The van der Waals surface area contributed by atoms with Crippen molar-refractivity contribution < 1.29 is 9.53 Å². The zero-order valence-electron chi connectivity index (χ0n) is 9.80. The zero-order chi connectivity index (χ0) is 12.8. The number of halogens is 2. The first-order chi connectivity index (χ1) is 8.04. The van der Waals surface area contributed by atoms with E-state index in [1.54, 1.807) is 0 Å². The Balaban J connectivity index is 2.65. The van der Waals surface area contributed by atoms with Gasteiger partial charge in [0.25, 0.3) is 0 Å². The maximum absolute atomic E-state index is 10.9. The summed E-state index contributed by atoms with van der Waals surface area (Å²) in [7, 11) is 1.38. The van der Waals surface area contributed by atoms with Gasteiger partial charge in [-0.3, -0.25) is 4.79 Å². The van der Waals surface area contributed by atoms with E-state index in [0.29, 0.717) is 22.9 Å². The summed E-state index contributed by atoms with van der Waals surface area (Å²) in [5.41, 5.74) is 1.80. The van der Waals surface area contributed by atoms with Crippen LogP contribution in [0.2, 0.25) is 10.0 Å². The molecule has 0 fully saturated rings. The van der Waals surface area contributed by atoms with Crippen molar-refractivity contribution in [3.63, 3.8) is 0 Å². The van der Waals surface area contributed by atoms with Gasteiger partial charge in [0.05, 0.1) is 7.11 Å². The smallest absolute Gasteiger partial charge is 0.305 e. The van der Waals surface area contributed by atoms with Crippen molar-refractivity contribution in [3.8, 4) is 0 Å². The molecule has 4 heteroatoms. The molecule has 0 N–H and O–H groups in total. The molecule has 0 saturated carbocycles. The molecule has 1 aromatic carbocycles. The molecule has 0 amide bonds. The van der Waals surface area contributed by atoms with Crippen molar-refractivity contribution in [2.45, 2.75) is 19.8 Å². The Bertz CT molecular complexity index is 439. The van der Waals surface area contributed by atoms with Gasteiger partial charge in [0.2, 0.25) is 0 Å². The highest BCUT2D eigenvalue weighted by atomic mass is 35.5. The maximum Gasteiger partial charge on any atom is 0.305 e. The molecule has 1 aromatic rings. The monoisotopic (exact) mass is 272 g/mol. The first-order valence-electron chi connectivity index (χ1n) is 5.23. The van der Waals surface area contributed by atoms with E-state index in [0.717, 1.165) is 11.1 Å². The van der Waals surface area contributed by atoms with Crippen LogP contribution in [0.4, 0.5) is 0 Å². The molecule has 0 aliphatic rings. The molecule has 0 aliphatic heterocycles. The Kier molecular flexibility index (Phi) is 5.52. The lowest BCUT2D eigenvalue weighted by Gasteiger charge is -2.03. The number of esters is 1. The predicted molar refractivity (Wildman–Crippen MR) is 71.5 cm³/mol. The number of rotatable bonds is 4. The topological polar surface area (TPSA) is 26.3 Å². The van der Waals surface area contributed by atoms with E-state index in [1.165, 1.54) is 7.11 Å². The van der Waals surface area contributed by atoms with Gasteiger partial charge >= 0.3 is 5.97 Å². The Morgan fingerprint density at radius 3 is 2.71 bits per heavy atom. The van der Waals surface area contributed by atoms with E-state index < -0.39 is 0 Å². The van der Waals surface area contributed by atoms with Gasteiger partial charge in [-0.15, -0.1) is 0 Å². The number of aryl methyl sites for hydroxylation is 1. The quantitative estimate of drug-likeness (QED) is 0.766. The maximum atomic E-state index is 10.9. The Morgan fingerprint density at radius 1 is 1.35 bits per heavy atom. The minimum atomic E-state index is -0.220. The van der Waals surface area contributed by atoms with Gasteiger partial charge in [0.15, 0.2) is 0 Å². The minimum absolute atomic E-state index is 0.220. The van der Waals surface area contributed by atoms with Gasteiger partial charge in [-0.25, -0.2) is 0 Å². The van der Waals surface area contributed by atoms with Gasteiger partial charge < -0.3 is 4.74 Å². The van der Waals surface area contributed by atoms with Crippen LogP contribution in [0.3, 0.4) is 0 Å². The molecule has 0 aromatic heterocycles. The summed E-state index contributed by atoms with van der Waals surface area (Å²) in [6.45, 7) is 1.90. The zero-order valence-corrected chi connectivity index (χ0v) is 11.3. The lowest BCUT2D eigenvalue weighted by molar-refractivity contribution is -0.140. The molecule has 0 aliphatic carbocycles. The van der Waals surface area contributed by atoms with Crippen LogP contribution in [0.1, 0.15) is 24.0 Å². The van der Waals surface area contributed by atoms with E-state index in [2.05, 4.69) is 4.74 Å². The molecular formula is C13H14Cl2O2. The van der Waals surface area contributed by atoms with Crippen LogP contribution in [-0.2, 0) is 9.53 Å². The van der Waals surface area contributed by atoms with Gasteiger partial charge in [0, 0.05) is 16.5 Å². The second kappa shape index (κ2) is 6.67. The number of carbonyl (C=O) groups excluding carboxylic acids is 1. The fraction of sp³-hybridized carbons (Fsp3) is 0.308. The third-order valence-corrected chi connectivity index (χ3v) is 3.05. The molecule has 0 saturated heterocycles. The van der Waals surface area contributed by atoms with Gasteiger partial charge in [0.1, 0.15) is 0 Å². The SMILES string of the molecule is COC(=O)CC/C=C\c1cc(Cl)c(C)cc1Cl. The van der Waals surface area contributed by atoms with Crippen molar-refractivity contribution in [3.05, 3.63) is 39.4 Å². The number of hydrogen-bond donors (Lipinski definition) is 0. The molecule has 17 heavy (non-hydrogen) atoms. The molecule has 0 radical (unpaired) electrons. The average molecular weight is 273 g/mol. The molecule has 0 unspecified atom stereocenters. The molecule has 2 nitrogen and oxygen atoms in total. The van der Waals surface area contributed by atoms with E-state index >= 15 is 0 Å². The lowest BCUT2D eigenvalue weighted by atomic mass is 10.1. The Hall–Kier alpha value is -0.990. The van der Waals surface area contributed by atoms with Crippen LogP contribution in [0.5, 0.6) is 0 Å². The summed E-state index contributed by atoms with van der Waals surface area (Å²) < 4.78 is 4.54. The summed E-state index contributed by atoms with van der Waals surface area (Å²) in [6, 6.07) is 3.64. The summed E-state index contributed by atoms with van der Waals surface area (Å²) >= 11 is 12.1. The van der Waals surface area contributed by atoms with Crippen molar-refractivity contribution >= 4 is 35.2 Å². The van der Waals surface area contributed by atoms with Crippen molar-refractivity contribution in [2.75, 3.05) is 7.11 Å². The number of ether oxygens (including phenoxy) is 1. The van der Waals surface area contributed by atoms with Gasteiger partial charge in [-0.2, -0.15) is 0 Å². The van der Waals surface area contributed by atoms with E-state index in [9.17, 15) is 4.79 Å². The highest BCUT2D eigenvalue weighted by Gasteiger charge is 2.02. The summed E-state index contributed by atoms with van der Waals surface area (Å²) in [5.74, 6) is -0.220. The number of carbonyl (C=O) groups is 1. The van der Waals surface area contributed by atoms with E-state index in [4.69, 9.17) is 23.2 Å². The molecule has 0 spiro atoms. The Morgan fingerprint density at radius 2 is 2.06 bits per heavy atom. The molecule has 92 valence electrons. The summed E-state index contributed by atoms with van der Waals surface area (Å²) in [4.78, 5) is 10.9. The molecule has 1 rings (SSSR count). The number of methoxy groups -OCH3 is 1. The van der Waals surface area contributed by atoms with Crippen LogP contribution in [0, 0.1) is 6.92 Å². The first-order valence-corrected chi connectivity index (χ1v) is 5.99. The summed E-state index contributed by atoms with van der Waals surface area (Å²) in [5, 5.41) is 1.34. The highest BCUT2D eigenvalue weighted by molar-refractivity contribution is 6.34. The van der Waals surface area contributed by atoms with Crippen LogP contribution >= 0.6 is 23.2 Å². The second-order valence-corrected chi connectivity index (χ2v) is 4.45. The fourth-order valence-electron chi connectivity index (χ4n) is 1.30. The molecule has 0 bridgehead atoms. The Labute approximate surface area is 111 Å². The highest BCUT2D eigenvalue weighted by Crippen LogP contribution is 2.25. The van der Waals surface area contributed by atoms with Crippen LogP contribution in [0.25, 0.3) is 6.08 Å². The van der Waals surface area contributed by atoms with E-state index in [1.807, 2.05) is 31.2 Å². The van der Waals surface area contributed by atoms with Crippen LogP contribution in [0.15, 0.2) is 18.2 Å². The molecule has 0 atom stereocenters. The number of allylic oxidation sites excluding steroid dienone is 1. The normalized spacial score (nSPS) is 10.8. The van der Waals surface area contributed by atoms with Gasteiger partial charge in [-0.05, 0) is 36.6 Å². The standard InChI is InChI=1S/C13H14Cl2O2/c1-9-7-12(15)10(8-11(9)14)5-3-4-6-13(16)17-2/h3,5,7-8H,4,6H2,1-2H3/b5-3-. The van der Waals surface area contributed by atoms with Crippen molar-refractivity contribution in [2.24, 2.45) is 0 Å². The lowest BCUT2D eigenvalue weighted by Crippen LogP contribution is -1.97.